The number of anilines is 1. The second-order valence-corrected chi connectivity index (χ2v) is 11.9. The second-order valence-electron chi connectivity index (χ2n) is 10.3. The molecule has 2 aromatic carbocycles. The monoisotopic (exact) mass is 598 g/mol. The van der Waals surface area contributed by atoms with Gasteiger partial charge in [-0.2, -0.15) is 0 Å². The molecule has 1 amide bonds. The van der Waals surface area contributed by atoms with Crippen molar-refractivity contribution in [3.63, 3.8) is 0 Å². The Morgan fingerprint density at radius 1 is 1.10 bits per heavy atom. The molecule has 6 aromatic rings. The maximum Gasteiger partial charge on any atom is 0.297 e. The summed E-state index contributed by atoms with van der Waals surface area (Å²) >= 11 is 7.88. The molecule has 1 aliphatic carbocycles. The molecule has 11 heteroatoms. The van der Waals surface area contributed by atoms with Gasteiger partial charge in [0.15, 0.2) is 11.5 Å². The molecule has 7 rings (SSSR count). The highest BCUT2D eigenvalue weighted by Gasteiger charge is 2.33. The number of amidine groups is 1. The van der Waals surface area contributed by atoms with Gasteiger partial charge in [-0.25, -0.2) is 0 Å². The Kier molecular flexibility index (Phi) is 6.00. The first-order valence-electron chi connectivity index (χ1n) is 13.1. The highest BCUT2D eigenvalue weighted by Crippen LogP contribution is 2.49. The van der Waals surface area contributed by atoms with Crippen LogP contribution in [0.4, 0.5) is 5.69 Å². The third kappa shape index (κ3) is 4.18. The fraction of sp³-hybridized carbons (Fsp3) is 0.129. The number of rotatable bonds is 5. The maximum atomic E-state index is 13.6. The highest BCUT2D eigenvalue weighted by atomic mass is 35.5. The van der Waals surface area contributed by atoms with E-state index in [1.807, 2.05) is 6.92 Å². The number of thiophene rings is 1. The van der Waals surface area contributed by atoms with Crippen molar-refractivity contribution >= 4 is 68.2 Å². The van der Waals surface area contributed by atoms with E-state index in [9.17, 15) is 14.7 Å². The number of nitrogen functional groups attached to an aromatic ring is 1. The second kappa shape index (κ2) is 9.64. The van der Waals surface area contributed by atoms with E-state index < -0.39 is 11.8 Å². The molecule has 1 aliphatic rings. The van der Waals surface area contributed by atoms with E-state index in [-0.39, 0.29) is 29.0 Å². The largest absolute Gasteiger partial charge is 0.506 e. The molecule has 0 aliphatic heterocycles. The number of aromatic hydroxyl groups is 1. The molecular formula is C31H23ClN4O5S. The number of furan rings is 2. The zero-order valence-corrected chi connectivity index (χ0v) is 23.7. The van der Waals surface area contributed by atoms with Gasteiger partial charge >= 0.3 is 0 Å². The Morgan fingerprint density at radius 3 is 2.57 bits per heavy atom. The third-order valence-electron chi connectivity index (χ3n) is 7.52. The molecule has 0 saturated carbocycles. The number of fused-ring (bicyclic) bond motifs is 5. The number of aryl methyl sites for hydroxylation is 1. The summed E-state index contributed by atoms with van der Waals surface area (Å²) in [5.41, 5.74) is 10.0. The number of hydrogen-bond donors (Lipinski definition) is 4. The number of alkyl halides is 1. The summed E-state index contributed by atoms with van der Waals surface area (Å²) in [6, 6.07) is 15.4. The molecule has 210 valence electrons. The van der Waals surface area contributed by atoms with E-state index in [1.165, 1.54) is 10.8 Å². The minimum absolute atomic E-state index is 0.0322. The molecule has 0 spiro atoms. The number of hydrogen-bond acceptors (Lipinski definition) is 7. The fourth-order valence-corrected chi connectivity index (χ4v) is 6.99. The van der Waals surface area contributed by atoms with Crippen LogP contribution in [0, 0.1) is 12.3 Å². The average molecular weight is 599 g/mol. The van der Waals surface area contributed by atoms with E-state index in [0.29, 0.717) is 56.7 Å². The van der Waals surface area contributed by atoms with Crippen molar-refractivity contribution in [3.8, 4) is 16.2 Å². The quantitative estimate of drug-likeness (QED) is 0.0971. The normalized spacial score (nSPS) is 14.2. The molecule has 0 fully saturated rings. The van der Waals surface area contributed by atoms with Gasteiger partial charge in [-0.1, -0.05) is 0 Å². The predicted molar refractivity (Wildman–Crippen MR) is 162 cm³/mol. The molecule has 0 bridgehead atoms. The van der Waals surface area contributed by atoms with Crippen LogP contribution in [-0.4, -0.2) is 33.2 Å². The van der Waals surface area contributed by atoms with Gasteiger partial charge in [0.05, 0.1) is 11.8 Å². The Labute approximate surface area is 247 Å². The van der Waals surface area contributed by atoms with E-state index in [1.54, 1.807) is 59.9 Å². The maximum absolute atomic E-state index is 13.6. The summed E-state index contributed by atoms with van der Waals surface area (Å²) in [7, 11) is 0. The molecule has 4 aromatic heterocycles. The molecule has 9 nitrogen and oxygen atoms in total. The van der Waals surface area contributed by atoms with Crippen LogP contribution < -0.4 is 11.1 Å². The summed E-state index contributed by atoms with van der Waals surface area (Å²) in [5, 5.41) is 22.5. The summed E-state index contributed by atoms with van der Waals surface area (Å²) < 4.78 is 13.0. The van der Waals surface area contributed by atoms with Crippen molar-refractivity contribution in [3.05, 3.63) is 94.0 Å². The van der Waals surface area contributed by atoms with Gasteiger partial charge in [-0.05, 0) is 73.5 Å². The van der Waals surface area contributed by atoms with Crippen molar-refractivity contribution in [2.45, 2.75) is 19.3 Å². The van der Waals surface area contributed by atoms with Gasteiger partial charge in [-0.15, -0.1) is 22.9 Å². The average Bonchev–Trinajstić information content (AvgIpc) is 3.74. The smallest absolute Gasteiger partial charge is 0.297 e. The Morgan fingerprint density at radius 2 is 1.81 bits per heavy atom. The lowest BCUT2D eigenvalue weighted by atomic mass is 9.87. The van der Waals surface area contributed by atoms with Gasteiger partial charge in [0.2, 0.25) is 0 Å². The molecule has 1 unspecified atom stereocenters. The number of amides is 1. The zero-order chi connectivity index (χ0) is 29.3. The summed E-state index contributed by atoms with van der Waals surface area (Å²) in [6.07, 6.45) is 1.95. The zero-order valence-electron chi connectivity index (χ0n) is 22.2. The topological polar surface area (TPSA) is 147 Å². The summed E-state index contributed by atoms with van der Waals surface area (Å²) in [4.78, 5) is 28.6. The Balaban J connectivity index is 1.17. The highest BCUT2D eigenvalue weighted by molar-refractivity contribution is 7.15. The van der Waals surface area contributed by atoms with Crippen LogP contribution >= 0.6 is 22.9 Å². The number of nitrogens with two attached hydrogens (primary N) is 1. The van der Waals surface area contributed by atoms with Crippen molar-refractivity contribution in [2.24, 2.45) is 5.73 Å². The number of aromatic nitrogens is 1. The van der Waals surface area contributed by atoms with Gasteiger partial charge in [-0.3, -0.25) is 19.6 Å². The van der Waals surface area contributed by atoms with Crippen molar-refractivity contribution in [1.82, 2.24) is 4.57 Å². The van der Waals surface area contributed by atoms with Gasteiger partial charge in [0.25, 0.3) is 11.8 Å². The number of nitrogens with zero attached hydrogens (tertiary/aromatic N) is 1. The van der Waals surface area contributed by atoms with Gasteiger partial charge in [0.1, 0.15) is 22.8 Å². The summed E-state index contributed by atoms with van der Waals surface area (Å²) in [5.74, 6) is -0.272. The minimum atomic E-state index is -0.457. The number of halogens is 1. The lowest BCUT2D eigenvalue weighted by Crippen LogP contribution is -2.18. The predicted octanol–water partition coefficient (Wildman–Crippen LogP) is 6.83. The van der Waals surface area contributed by atoms with Gasteiger partial charge < -0.3 is 25.0 Å². The number of carbonyl (C=O) groups excluding carboxylic acids is 2. The van der Waals surface area contributed by atoms with Crippen molar-refractivity contribution < 1.29 is 23.5 Å². The third-order valence-corrected chi connectivity index (χ3v) is 8.97. The summed E-state index contributed by atoms with van der Waals surface area (Å²) in [6.45, 7) is 2.01. The molecule has 1 atom stereocenters. The molecule has 5 N–H and O–H groups in total. The first-order chi connectivity index (χ1) is 20.2. The molecule has 42 heavy (non-hydrogen) atoms. The lowest BCUT2D eigenvalue weighted by molar-refractivity contribution is 0.0930. The number of nitrogens with one attached hydrogen (secondary N) is 2. The van der Waals surface area contributed by atoms with Crippen LogP contribution in [0.5, 0.6) is 5.75 Å². The molecule has 0 radical (unpaired) electrons. The first-order valence-corrected chi connectivity index (χ1v) is 14.4. The van der Waals surface area contributed by atoms with Gasteiger partial charge in [0, 0.05) is 49.3 Å². The molecule has 4 heterocycles. The van der Waals surface area contributed by atoms with Crippen LogP contribution in [0.3, 0.4) is 0 Å². The van der Waals surface area contributed by atoms with E-state index in [2.05, 4.69) is 11.4 Å². The van der Waals surface area contributed by atoms with Crippen LogP contribution in [-0.2, 0) is 6.42 Å². The lowest BCUT2D eigenvalue weighted by Gasteiger charge is -2.22. The first kappa shape index (κ1) is 26.1. The molecular weight excluding hydrogens is 576 g/mol. The number of carbonyl (C=O) groups is 2. The van der Waals surface area contributed by atoms with Crippen molar-refractivity contribution in [2.75, 3.05) is 11.2 Å². The Hall–Kier alpha value is -4.80. The van der Waals surface area contributed by atoms with E-state index in [4.69, 9.17) is 31.6 Å². The van der Waals surface area contributed by atoms with Crippen molar-refractivity contribution in [1.29, 1.82) is 5.41 Å². The van der Waals surface area contributed by atoms with Crippen LogP contribution in [0.1, 0.15) is 48.7 Å². The minimum Gasteiger partial charge on any atom is -0.506 e. The fourth-order valence-electron chi connectivity index (χ4n) is 5.54. The van der Waals surface area contributed by atoms with Crippen LogP contribution in [0.2, 0.25) is 0 Å². The SMILES string of the molecule is Cc1cc2c(s1)-c1c(O)cn(C(=O)c3cc4cc(NC(=O)c5cc6cc(C(=N)N)ccc6o5)ccc4o3)c1CC2CCl. The number of benzene rings is 2. The Bertz CT molecular complexity index is 2100. The molecule has 0 saturated heterocycles. The van der Waals surface area contributed by atoms with E-state index >= 15 is 0 Å². The van der Waals surface area contributed by atoms with E-state index in [0.717, 1.165) is 15.3 Å². The van der Waals surface area contributed by atoms with Crippen LogP contribution in [0.25, 0.3) is 32.4 Å². The standard InChI is InChI=1S/C31H23ClN4O5S/c1-14-6-20-18(12-32)9-21-27(28(20)42-14)22(37)13-36(21)31(39)26-11-17-8-19(3-5-24(17)41-26)35-30(38)25-10-16-7-15(29(33)34)2-4-23(16)40-25/h2-8,10-11,13,18,37H,9,12H2,1H3,(H3,33,34)(H,35,38). The van der Waals surface area contributed by atoms with Crippen LogP contribution in [0.15, 0.2) is 69.6 Å².